The average Bonchev–Trinajstić information content (AvgIpc) is 2.90. The van der Waals surface area contributed by atoms with Gasteiger partial charge in [0.2, 0.25) is 0 Å². The Kier molecular flexibility index (Phi) is 3.95. The molecule has 1 aliphatic carbocycles. The molecule has 0 N–H and O–H groups in total. The van der Waals surface area contributed by atoms with Crippen LogP contribution in [0.5, 0.6) is 0 Å². The Morgan fingerprint density at radius 2 is 1.91 bits per heavy atom. The van der Waals surface area contributed by atoms with E-state index in [9.17, 15) is 4.39 Å². The molecule has 4 rings (SSSR count). The molecule has 0 amide bonds. The number of fused-ring (bicyclic) bond motifs is 2. The van der Waals surface area contributed by atoms with Crippen LogP contribution >= 0.6 is 12.4 Å². The molecule has 0 radical (unpaired) electrons. The average molecular weight is 312 g/mol. The Labute approximate surface area is 134 Å². The predicted molar refractivity (Wildman–Crippen MR) is 91.6 cm³/mol. The number of nitrogens with zero attached hydrogens (tertiary/aromatic N) is 1. The van der Waals surface area contributed by atoms with E-state index in [2.05, 4.69) is 23.2 Å². The molecule has 0 atom stereocenters. The van der Waals surface area contributed by atoms with Gasteiger partial charge in [0.25, 0.3) is 0 Å². The predicted octanol–water partition coefficient (Wildman–Crippen LogP) is 5.28. The second-order valence-electron chi connectivity index (χ2n) is 5.39. The first-order valence-electron chi connectivity index (χ1n) is 7.14. The van der Waals surface area contributed by atoms with Gasteiger partial charge in [0.05, 0.1) is 5.52 Å². The molecular weight excluding hydrogens is 297 g/mol. The minimum absolute atomic E-state index is 0. The summed E-state index contributed by atoms with van der Waals surface area (Å²) < 4.78 is 13.3. The fraction of sp³-hybridized carbons (Fsp3) is 0.105. The number of hydrogen-bond acceptors (Lipinski definition) is 1. The zero-order valence-electron chi connectivity index (χ0n) is 11.9. The minimum atomic E-state index is -0.149. The monoisotopic (exact) mass is 311 g/mol. The second-order valence-corrected chi connectivity index (χ2v) is 5.39. The summed E-state index contributed by atoms with van der Waals surface area (Å²) in [5, 5.41) is 1.16. The number of aryl methyl sites for hydroxylation is 1. The van der Waals surface area contributed by atoms with Crippen molar-refractivity contribution in [1.82, 2.24) is 4.98 Å². The van der Waals surface area contributed by atoms with Crippen LogP contribution in [0.3, 0.4) is 0 Å². The van der Waals surface area contributed by atoms with Gasteiger partial charge in [-0.1, -0.05) is 30.3 Å². The summed E-state index contributed by atoms with van der Waals surface area (Å²) in [5.74, 6) is -0.149. The number of rotatable bonds is 1. The van der Waals surface area contributed by atoms with Gasteiger partial charge in [0, 0.05) is 11.6 Å². The number of benzene rings is 2. The number of aromatic nitrogens is 1. The zero-order valence-corrected chi connectivity index (χ0v) is 12.7. The minimum Gasteiger partial charge on any atom is -0.256 e. The van der Waals surface area contributed by atoms with E-state index in [1.165, 1.54) is 16.7 Å². The molecule has 0 unspecified atom stereocenters. The van der Waals surface area contributed by atoms with E-state index in [1.54, 1.807) is 12.1 Å². The van der Waals surface area contributed by atoms with Crippen LogP contribution < -0.4 is 0 Å². The molecule has 22 heavy (non-hydrogen) atoms. The largest absolute Gasteiger partial charge is 0.256 e. The van der Waals surface area contributed by atoms with Gasteiger partial charge in [-0.3, -0.25) is 4.98 Å². The summed E-state index contributed by atoms with van der Waals surface area (Å²) in [6.07, 6.45) is 5.91. The van der Waals surface area contributed by atoms with Gasteiger partial charge < -0.3 is 0 Å². The van der Waals surface area contributed by atoms with Crippen molar-refractivity contribution >= 4 is 35.0 Å². The number of hydrogen-bond donors (Lipinski definition) is 0. The van der Waals surface area contributed by atoms with E-state index in [0.29, 0.717) is 0 Å². The van der Waals surface area contributed by atoms with Crippen molar-refractivity contribution in [2.75, 3.05) is 0 Å². The SMILES string of the molecule is Cl.Fc1ccc2c(c1)CCC2=Cc1cccc2ncccc12. The van der Waals surface area contributed by atoms with Gasteiger partial charge in [-0.25, -0.2) is 4.39 Å². The molecule has 0 spiro atoms. The lowest BCUT2D eigenvalue weighted by Crippen LogP contribution is -1.84. The third kappa shape index (κ3) is 2.51. The summed E-state index contributed by atoms with van der Waals surface area (Å²) in [6.45, 7) is 0. The Morgan fingerprint density at radius 3 is 2.82 bits per heavy atom. The summed E-state index contributed by atoms with van der Waals surface area (Å²) in [6, 6.07) is 15.3. The highest BCUT2D eigenvalue weighted by Crippen LogP contribution is 2.34. The van der Waals surface area contributed by atoms with Gasteiger partial charge in [0.15, 0.2) is 0 Å². The maximum absolute atomic E-state index is 13.3. The molecule has 2 aromatic carbocycles. The van der Waals surface area contributed by atoms with Crippen LogP contribution in [0.4, 0.5) is 4.39 Å². The first kappa shape index (κ1) is 14.7. The highest BCUT2D eigenvalue weighted by Gasteiger charge is 2.16. The van der Waals surface area contributed by atoms with Crippen LogP contribution in [0.2, 0.25) is 0 Å². The molecule has 0 aliphatic heterocycles. The Balaban J connectivity index is 0.00000144. The van der Waals surface area contributed by atoms with Crippen LogP contribution in [0.1, 0.15) is 23.1 Å². The van der Waals surface area contributed by atoms with E-state index in [1.807, 2.05) is 30.5 Å². The molecule has 110 valence electrons. The normalized spacial score (nSPS) is 14.9. The maximum atomic E-state index is 13.3. The van der Waals surface area contributed by atoms with Crippen molar-refractivity contribution in [2.45, 2.75) is 12.8 Å². The molecule has 0 saturated carbocycles. The Bertz CT molecular complexity index is 865. The summed E-state index contributed by atoms with van der Waals surface area (Å²) in [7, 11) is 0. The first-order valence-corrected chi connectivity index (χ1v) is 7.14. The van der Waals surface area contributed by atoms with Crippen molar-refractivity contribution in [3.05, 3.63) is 77.2 Å². The molecule has 1 heterocycles. The van der Waals surface area contributed by atoms with E-state index in [4.69, 9.17) is 0 Å². The standard InChI is InChI=1S/C19H14FN.ClH/c20-16-8-9-17-14(6-7-15(17)12-16)11-13-3-1-5-19-18(13)4-2-10-21-19;/h1-5,8-12H,6-7H2;1H. The zero-order chi connectivity index (χ0) is 14.2. The first-order chi connectivity index (χ1) is 10.3. The topological polar surface area (TPSA) is 12.9 Å². The number of pyridine rings is 1. The molecule has 1 aliphatic rings. The second kappa shape index (κ2) is 5.90. The van der Waals surface area contributed by atoms with Gasteiger partial charge >= 0.3 is 0 Å². The van der Waals surface area contributed by atoms with Crippen molar-refractivity contribution in [3.63, 3.8) is 0 Å². The highest BCUT2D eigenvalue weighted by molar-refractivity contribution is 5.94. The van der Waals surface area contributed by atoms with Gasteiger partial charge in [0.1, 0.15) is 5.82 Å². The highest BCUT2D eigenvalue weighted by atomic mass is 35.5. The van der Waals surface area contributed by atoms with Crippen molar-refractivity contribution in [3.8, 4) is 0 Å². The van der Waals surface area contributed by atoms with Crippen LogP contribution in [-0.4, -0.2) is 4.98 Å². The van der Waals surface area contributed by atoms with Crippen LogP contribution in [0.25, 0.3) is 22.6 Å². The smallest absolute Gasteiger partial charge is 0.123 e. The third-order valence-corrected chi connectivity index (χ3v) is 4.09. The van der Waals surface area contributed by atoms with Crippen molar-refractivity contribution in [2.24, 2.45) is 0 Å². The van der Waals surface area contributed by atoms with Crippen molar-refractivity contribution in [1.29, 1.82) is 0 Å². The summed E-state index contributed by atoms with van der Waals surface area (Å²) in [4.78, 5) is 4.39. The van der Waals surface area contributed by atoms with Gasteiger partial charge in [-0.2, -0.15) is 0 Å². The molecule has 1 nitrogen and oxygen atoms in total. The molecule has 3 heteroatoms. The summed E-state index contributed by atoms with van der Waals surface area (Å²) in [5.41, 5.74) is 5.75. The quantitative estimate of drug-likeness (QED) is 0.595. The summed E-state index contributed by atoms with van der Waals surface area (Å²) >= 11 is 0. The Morgan fingerprint density at radius 1 is 1.00 bits per heavy atom. The van der Waals surface area contributed by atoms with Gasteiger partial charge in [-0.15, -0.1) is 12.4 Å². The Hall–Kier alpha value is -2.19. The van der Waals surface area contributed by atoms with E-state index in [-0.39, 0.29) is 18.2 Å². The van der Waals surface area contributed by atoms with Gasteiger partial charge in [-0.05, 0) is 59.4 Å². The number of allylic oxidation sites excluding steroid dienone is 1. The number of halogens is 2. The molecule has 0 saturated heterocycles. The fourth-order valence-electron chi connectivity index (χ4n) is 3.08. The van der Waals surface area contributed by atoms with Crippen LogP contribution in [0, 0.1) is 5.82 Å². The molecule has 0 fully saturated rings. The molecular formula is C19H15ClFN. The van der Waals surface area contributed by atoms with E-state index >= 15 is 0 Å². The molecule has 3 aromatic rings. The third-order valence-electron chi connectivity index (χ3n) is 4.09. The molecule has 0 bridgehead atoms. The van der Waals surface area contributed by atoms with E-state index in [0.717, 1.165) is 29.3 Å². The lowest BCUT2D eigenvalue weighted by atomic mass is 10.0. The maximum Gasteiger partial charge on any atom is 0.123 e. The van der Waals surface area contributed by atoms with E-state index < -0.39 is 0 Å². The lowest BCUT2D eigenvalue weighted by Gasteiger charge is -2.04. The molecule has 1 aromatic heterocycles. The van der Waals surface area contributed by atoms with Crippen LogP contribution in [-0.2, 0) is 6.42 Å². The fourth-order valence-corrected chi connectivity index (χ4v) is 3.08. The van der Waals surface area contributed by atoms with Crippen LogP contribution in [0.15, 0.2) is 54.7 Å². The lowest BCUT2D eigenvalue weighted by molar-refractivity contribution is 0.626. The van der Waals surface area contributed by atoms with Crippen molar-refractivity contribution < 1.29 is 4.39 Å².